The molecule has 4 nitrogen and oxygen atoms in total. The van der Waals surface area contributed by atoms with Crippen LogP contribution in [0.1, 0.15) is 34.8 Å². The molecule has 0 bridgehead atoms. The first-order valence-electron chi connectivity index (χ1n) is 10.1. The average Bonchev–Trinajstić information content (AvgIpc) is 3.56. The van der Waals surface area contributed by atoms with Crippen molar-refractivity contribution in [3.8, 4) is 0 Å². The number of halogens is 4. The molecule has 0 aliphatic carbocycles. The molecule has 2 amide bonds. The van der Waals surface area contributed by atoms with Crippen LogP contribution in [0.4, 0.5) is 20.2 Å². The zero-order chi connectivity index (χ0) is 22.3. The van der Waals surface area contributed by atoms with Gasteiger partial charge in [-0.25, -0.2) is 0 Å². The van der Waals surface area contributed by atoms with Gasteiger partial charge < -0.3 is 0 Å². The van der Waals surface area contributed by atoms with Crippen molar-refractivity contribution >= 4 is 34.8 Å². The minimum absolute atomic E-state index is 0.00509. The monoisotopic (exact) mass is 559 g/mol. The number of hydrogen-bond donors (Lipinski definition) is 0. The fourth-order valence-corrected chi connectivity index (χ4v) is 6.01. The van der Waals surface area contributed by atoms with Gasteiger partial charge >= 0.3 is 196 Å². The second-order valence-electron chi connectivity index (χ2n) is 8.07. The van der Waals surface area contributed by atoms with Gasteiger partial charge in [-0.1, -0.05) is 0 Å². The van der Waals surface area contributed by atoms with Gasteiger partial charge in [0.15, 0.2) is 0 Å². The summed E-state index contributed by atoms with van der Waals surface area (Å²) in [4.78, 5) is 28.0. The molecule has 2 saturated heterocycles. The Kier molecular flexibility index (Phi) is 6.53. The molecule has 0 spiro atoms. The number of piperidine rings is 1. The van der Waals surface area contributed by atoms with E-state index in [0.717, 1.165) is 27.4 Å². The van der Waals surface area contributed by atoms with Crippen molar-refractivity contribution in [2.24, 2.45) is 5.92 Å². The molecular formula is C23H23ClF2IN2O2-. The van der Waals surface area contributed by atoms with Crippen molar-refractivity contribution in [1.29, 1.82) is 0 Å². The number of rotatable bonds is 5. The maximum atomic E-state index is 14.2. The van der Waals surface area contributed by atoms with Crippen LogP contribution in [-0.2, 0) is 16.0 Å². The summed E-state index contributed by atoms with van der Waals surface area (Å²) in [6.45, 7) is 1.94. The van der Waals surface area contributed by atoms with Crippen LogP contribution in [0.25, 0.3) is 0 Å². The molecule has 2 unspecified atom stereocenters. The molecule has 2 atom stereocenters. The van der Waals surface area contributed by atoms with E-state index in [9.17, 15) is 18.4 Å². The Balaban J connectivity index is 1.64. The van der Waals surface area contributed by atoms with E-state index in [1.807, 2.05) is 6.07 Å². The Morgan fingerprint density at radius 3 is 2.68 bits per heavy atom. The summed E-state index contributed by atoms with van der Waals surface area (Å²) in [7, 11) is 1.71. The van der Waals surface area contributed by atoms with Gasteiger partial charge in [-0.2, -0.15) is 0 Å². The molecule has 2 aliphatic heterocycles. The molecule has 2 aromatic carbocycles. The minimum atomic E-state index is -0.596. The fraction of sp³-hybridized carbons (Fsp3) is 0.391. The van der Waals surface area contributed by atoms with Crippen molar-refractivity contribution in [3.63, 3.8) is 0 Å². The van der Waals surface area contributed by atoms with Crippen LogP contribution in [0.15, 0.2) is 30.3 Å². The molecule has 0 N–H and O–H groups in total. The molecule has 0 radical (unpaired) electrons. The second kappa shape index (κ2) is 9.02. The van der Waals surface area contributed by atoms with Crippen LogP contribution >= 0.6 is 11.6 Å². The molecule has 4 rings (SSSR count). The van der Waals surface area contributed by atoms with Crippen LogP contribution in [0.2, 0.25) is 5.02 Å². The van der Waals surface area contributed by atoms with Gasteiger partial charge in [-0.3, -0.25) is 0 Å². The molecule has 8 heteroatoms. The Labute approximate surface area is 195 Å². The van der Waals surface area contributed by atoms with Crippen molar-refractivity contribution < 1.29 is 39.6 Å². The van der Waals surface area contributed by atoms with E-state index in [-0.39, 0.29) is 38.9 Å². The van der Waals surface area contributed by atoms with Crippen molar-refractivity contribution in [1.82, 2.24) is 0 Å². The third-order valence-electron chi connectivity index (χ3n) is 5.89. The van der Waals surface area contributed by atoms with Crippen LogP contribution in [-0.4, -0.2) is 29.8 Å². The summed E-state index contributed by atoms with van der Waals surface area (Å²) in [6.07, 6.45) is 1.45. The van der Waals surface area contributed by atoms with Gasteiger partial charge in [0, 0.05) is 0 Å². The number of carbonyl (C=O) groups excluding carboxylic acids is 2. The van der Waals surface area contributed by atoms with Crippen LogP contribution in [0.5, 0.6) is 0 Å². The molecule has 2 fully saturated rings. The van der Waals surface area contributed by atoms with Gasteiger partial charge in [-0.15, -0.1) is 0 Å². The number of benzene rings is 2. The standard InChI is InChI=1S/C23H23ClF2IN2O2/c1-13(30)28(2)17-9-18(21-11-27-21)23(19(24)10-17)29-12-14(3-6-22(29)31)7-15-4-5-16(25)8-20(15)26/h4-5,8-10,14,21H,3,6-7,11-12H2,1-2H3/q-1. The zero-order valence-electron chi connectivity index (χ0n) is 17.3. The van der Waals surface area contributed by atoms with Crippen molar-refractivity contribution in [2.45, 2.75) is 30.1 Å². The Morgan fingerprint density at radius 1 is 1.29 bits per heavy atom. The molecule has 166 valence electrons. The number of hydrogen-bond acceptors (Lipinski definition) is 2. The summed E-state index contributed by atoms with van der Waals surface area (Å²) < 4.78 is 29.0. The molecule has 0 aromatic heterocycles. The van der Waals surface area contributed by atoms with Crippen LogP contribution in [0, 0.1) is 17.6 Å². The average molecular weight is 560 g/mol. The van der Waals surface area contributed by atoms with E-state index in [2.05, 4.69) is 0 Å². The SMILES string of the molecule is CC(=O)N(C)c1cc(Cl)c(N2CC(Cc3ccc(F)cc3F)CCC2=O)c(C2C[I-]2)c1. The number of anilines is 2. The summed E-state index contributed by atoms with van der Waals surface area (Å²) in [5, 5.41) is 0.457. The maximum absolute atomic E-state index is 14.2. The Bertz CT molecular complexity index is 1040. The van der Waals surface area contributed by atoms with Gasteiger partial charge in [0.1, 0.15) is 0 Å². The number of alkyl halides is 2. The predicted molar refractivity (Wildman–Crippen MR) is 113 cm³/mol. The molecule has 2 heterocycles. The molecule has 2 aromatic rings. The van der Waals surface area contributed by atoms with Crippen molar-refractivity contribution in [2.75, 3.05) is 27.8 Å². The molecule has 0 saturated carbocycles. The summed E-state index contributed by atoms with van der Waals surface area (Å²) in [6, 6.07) is 7.36. The van der Waals surface area contributed by atoms with E-state index in [1.165, 1.54) is 19.1 Å². The van der Waals surface area contributed by atoms with Gasteiger partial charge in [0.05, 0.1) is 0 Å². The first-order chi connectivity index (χ1) is 14.7. The fourth-order valence-electron chi connectivity index (χ4n) is 4.01. The Hall–Kier alpha value is -1.74. The van der Waals surface area contributed by atoms with Crippen molar-refractivity contribution in [3.05, 3.63) is 58.1 Å². The summed E-state index contributed by atoms with van der Waals surface area (Å²) >= 11 is 6.72. The zero-order valence-corrected chi connectivity index (χ0v) is 20.2. The normalized spacial score (nSPS) is 20.9. The molecule has 31 heavy (non-hydrogen) atoms. The summed E-state index contributed by atoms with van der Waals surface area (Å²) in [5.41, 5.74) is 2.95. The third kappa shape index (κ3) is 4.87. The second-order valence-corrected chi connectivity index (χ2v) is 11.7. The van der Waals surface area contributed by atoms with E-state index in [1.54, 1.807) is 22.9 Å². The van der Waals surface area contributed by atoms with Gasteiger partial charge in [0.25, 0.3) is 0 Å². The van der Waals surface area contributed by atoms with E-state index in [0.29, 0.717) is 40.3 Å². The van der Waals surface area contributed by atoms with E-state index >= 15 is 0 Å². The topological polar surface area (TPSA) is 40.6 Å². The number of carbonyl (C=O) groups is 2. The Morgan fingerprint density at radius 2 is 2.03 bits per heavy atom. The van der Waals surface area contributed by atoms with E-state index in [4.69, 9.17) is 11.6 Å². The van der Waals surface area contributed by atoms with Gasteiger partial charge in [0.2, 0.25) is 0 Å². The number of nitrogens with zero attached hydrogens (tertiary/aromatic N) is 2. The summed E-state index contributed by atoms with van der Waals surface area (Å²) in [5.74, 6) is -1.18. The molecule has 2 aliphatic rings. The van der Waals surface area contributed by atoms with E-state index < -0.39 is 11.6 Å². The predicted octanol–water partition coefficient (Wildman–Crippen LogP) is 1.73. The quantitative estimate of drug-likeness (QED) is 0.414. The van der Waals surface area contributed by atoms with Gasteiger partial charge in [-0.05, 0) is 0 Å². The van der Waals surface area contributed by atoms with Crippen LogP contribution in [0.3, 0.4) is 0 Å². The van der Waals surface area contributed by atoms with Crippen LogP contribution < -0.4 is 31.0 Å². The number of amides is 2. The first-order valence-corrected chi connectivity index (χ1v) is 13.3. The molecular weight excluding hydrogens is 537 g/mol. The first kappa shape index (κ1) is 22.5. The third-order valence-corrected chi connectivity index (χ3v) is 8.61.